The van der Waals surface area contributed by atoms with E-state index < -0.39 is 0 Å². The number of aromatic nitrogens is 4. The molecule has 0 fully saturated rings. The Labute approximate surface area is 129 Å². The van der Waals surface area contributed by atoms with Crippen molar-refractivity contribution in [3.63, 3.8) is 0 Å². The Morgan fingerprint density at radius 2 is 1.95 bits per heavy atom. The van der Waals surface area contributed by atoms with Gasteiger partial charge in [-0.15, -0.1) is 0 Å². The zero-order chi connectivity index (χ0) is 14.1. The van der Waals surface area contributed by atoms with Crippen LogP contribution in [0.3, 0.4) is 0 Å². The first-order valence-electron chi connectivity index (χ1n) is 6.02. The molecule has 0 radical (unpaired) electrons. The smallest absolute Gasteiger partial charge is 0.200 e. The molecule has 0 amide bonds. The summed E-state index contributed by atoms with van der Waals surface area (Å²) in [5.74, 6) is 0.776. The first kappa shape index (κ1) is 13.2. The largest absolute Gasteiger partial charge is 0.268 e. The Morgan fingerprint density at radius 3 is 2.70 bits per heavy atom. The fourth-order valence-electron chi connectivity index (χ4n) is 2.05. The predicted molar refractivity (Wildman–Crippen MR) is 84.4 cm³/mol. The minimum absolute atomic E-state index is 0.568. The van der Waals surface area contributed by atoms with Crippen LogP contribution in [0.1, 0.15) is 5.56 Å². The van der Waals surface area contributed by atoms with Crippen LogP contribution in [-0.4, -0.2) is 19.7 Å². The van der Waals surface area contributed by atoms with Crippen molar-refractivity contribution in [1.82, 2.24) is 19.7 Å². The molecule has 2 aromatic heterocycles. The maximum atomic E-state index is 5.37. The van der Waals surface area contributed by atoms with Crippen molar-refractivity contribution >= 4 is 28.1 Å². The standard InChI is InChI=1S/C14H11BrN4S/c1-9-11(15)3-2-4-12(9)19-13(17-18-14(19)20)10-5-7-16-8-6-10/h2-8H,1H3,(H,18,20). The molecule has 0 saturated heterocycles. The van der Waals surface area contributed by atoms with Crippen molar-refractivity contribution in [3.05, 3.63) is 57.5 Å². The zero-order valence-electron chi connectivity index (χ0n) is 10.7. The Morgan fingerprint density at radius 1 is 1.20 bits per heavy atom. The summed E-state index contributed by atoms with van der Waals surface area (Å²) in [7, 11) is 0. The minimum Gasteiger partial charge on any atom is -0.268 e. The number of benzene rings is 1. The van der Waals surface area contributed by atoms with Gasteiger partial charge >= 0.3 is 0 Å². The third kappa shape index (κ3) is 2.21. The van der Waals surface area contributed by atoms with Crippen LogP contribution in [0.25, 0.3) is 17.1 Å². The highest BCUT2D eigenvalue weighted by molar-refractivity contribution is 9.10. The van der Waals surface area contributed by atoms with Crippen LogP contribution >= 0.6 is 28.1 Å². The van der Waals surface area contributed by atoms with E-state index in [1.807, 2.05) is 41.8 Å². The summed E-state index contributed by atoms with van der Waals surface area (Å²) in [6, 6.07) is 9.84. The first-order valence-corrected chi connectivity index (χ1v) is 7.22. The van der Waals surface area contributed by atoms with Crippen molar-refractivity contribution in [2.45, 2.75) is 6.92 Å². The number of halogens is 1. The normalized spacial score (nSPS) is 10.7. The van der Waals surface area contributed by atoms with Gasteiger partial charge in [-0.3, -0.25) is 14.6 Å². The fraction of sp³-hybridized carbons (Fsp3) is 0.0714. The molecule has 1 N–H and O–H groups in total. The minimum atomic E-state index is 0.568. The van der Waals surface area contributed by atoms with Gasteiger partial charge in [-0.25, -0.2) is 0 Å². The molecule has 6 heteroatoms. The number of pyridine rings is 1. The summed E-state index contributed by atoms with van der Waals surface area (Å²) in [5, 5.41) is 7.20. The Hall–Kier alpha value is -1.79. The van der Waals surface area contributed by atoms with Gasteiger partial charge in [0.25, 0.3) is 0 Å². The number of hydrogen-bond acceptors (Lipinski definition) is 3. The van der Waals surface area contributed by atoms with Gasteiger partial charge in [0.2, 0.25) is 0 Å². The number of nitrogens with zero attached hydrogens (tertiary/aromatic N) is 3. The lowest BCUT2D eigenvalue weighted by Crippen LogP contribution is -2.00. The van der Waals surface area contributed by atoms with Crippen LogP contribution in [0.2, 0.25) is 0 Å². The van der Waals surface area contributed by atoms with Crippen LogP contribution in [-0.2, 0) is 0 Å². The maximum Gasteiger partial charge on any atom is 0.200 e. The summed E-state index contributed by atoms with van der Waals surface area (Å²) < 4.78 is 3.54. The lowest BCUT2D eigenvalue weighted by Gasteiger charge is -2.11. The van der Waals surface area contributed by atoms with E-state index in [0.29, 0.717) is 4.77 Å². The summed E-state index contributed by atoms with van der Waals surface area (Å²) in [4.78, 5) is 4.03. The van der Waals surface area contributed by atoms with Crippen LogP contribution in [0.5, 0.6) is 0 Å². The molecule has 0 unspecified atom stereocenters. The average molecular weight is 347 g/mol. The maximum absolute atomic E-state index is 5.37. The Balaban J connectivity index is 2.28. The molecule has 4 nitrogen and oxygen atoms in total. The van der Waals surface area contributed by atoms with Crippen molar-refractivity contribution in [1.29, 1.82) is 0 Å². The van der Waals surface area contributed by atoms with Gasteiger partial charge in [-0.2, -0.15) is 5.10 Å². The van der Waals surface area contributed by atoms with Crippen molar-refractivity contribution in [3.8, 4) is 17.1 Å². The first-order chi connectivity index (χ1) is 9.68. The number of hydrogen-bond donors (Lipinski definition) is 1. The molecule has 0 spiro atoms. The molecule has 0 aliphatic carbocycles. The van der Waals surface area contributed by atoms with Crippen LogP contribution in [0.15, 0.2) is 47.2 Å². The van der Waals surface area contributed by atoms with E-state index in [1.165, 1.54) is 0 Å². The highest BCUT2D eigenvalue weighted by atomic mass is 79.9. The topological polar surface area (TPSA) is 46.5 Å². The van der Waals surface area contributed by atoms with E-state index in [-0.39, 0.29) is 0 Å². The molecule has 0 aliphatic heterocycles. The van der Waals surface area contributed by atoms with Gasteiger partial charge in [0, 0.05) is 22.4 Å². The number of aromatic amines is 1. The molecule has 0 atom stereocenters. The van der Waals surface area contributed by atoms with E-state index in [2.05, 4.69) is 31.1 Å². The van der Waals surface area contributed by atoms with E-state index in [1.54, 1.807) is 12.4 Å². The van der Waals surface area contributed by atoms with E-state index in [0.717, 1.165) is 27.1 Å². The molecule has 0 bridgehead atoms. The van der Waals surface area contributed by atoms with Gasteiger partial charge in [0.1, 0.15) is 0 Å². The summed E-state index contributed by atoms with van der Waals surface area (Å²) in [6.45, 7) is 2.05. The summed E-state index contributed by atoms with van der Waals surface area (Å²) >= 11 is 8.92. The lowest BCUT2D eigenvalue weighted by molar-refractivity contribution is 1.02. The summed E-state index contributed by atoms with van der Waals surface area (Å²) in [5.41, 5.74) is 3.08. The lowest BCUT2D eigenvalue weighted by atomic mass is 10.2. The molecular formula is C14H11BrN4S. The second kappa shape index (κ2) is 5.30. The Bertz CT molecular complexity index is 808. The van der Waals surface area contributed by atoms with E-state index in [9.17, 15) is 0 Å². The van der Waals surface area contributed by atoms with Crippen molar-refractivity contribution in [2.75, 3.05) is 0 Å². The van der Waals surface area contributed by atoms with E-state index in [4.69, 9.17) is 12.2 Å². The SMILES string of the molecule is Cc1c(Br)cccc1-n1c(-c2ccncc2)n[nH]c1=S. The number of rotatable bonds is 2. The Kier molecular flexibility index (Phi) is 3.50. The number of nitrogens with one attached hydrogen (secondary N) is 1. The van der Waals surface area contributed by atoms with E-state index >= 15 is 0 Å². The van der Waals surface area contributed by atoms with Gasteiger partial charge in [0.05, 0.1) is 5.69 Å². The van der Waals surface area contributed by atoms with Crippen LogP contribution < -0.4 is 0 Å². The predicted octanol–water partition coefficient (Wildman–Crippen LogP) is 4.06. The van der Waals surface area contributed by atoms with Crippen LogP contribution in [0.4, 0.5) is 0 Å². The average Bonchev–Trinajstić information content (AvgIpc) is 2.85. The fourth-order valence-corrected chi connectivity index (χ4v) is 2.64. The highest BCUT2D eigenvalue weighted by Gasteiger charge is 2.13. The second-order valence-electron chi connectivity index (χ2n) is 4.31. The summed E-state index contributed by atoms with van der Waals surface area (Å²) in [6.07, 6.45) is 3.48. The van der Waals surface area contributed by atoms with Gasteiger partial charge in [-0.05, 0) is 49.0 Å². The molecule has 3 rings (SSSR count). The monoisotopic (exact) mass is 346 g/mol. The third-order valence-corrected chi connectivity index (χ3v) is 4.22. The number of H-pyrrole nitrogens is 1. The third-order valence-electron chi connectivity index (χ3n) is 3.09. The highest BCUT2D eigenvalue weighted by Crippen LogP contribution is 2.27. The molecular weight excluding hydrogens is 336 g/mol. The zero-order valence-corrected chi connectivity index (χ0v) is 13.1. The van der Waals surface area contributed by atoms with Crippen LogP contribution in [0, 0.1) is 11.7 Å². The molecule has 3 aromatic rings. The molecule has 0 saturated carbocycles. The molecule has 100 valence electrons. The molecule has 2 heterocycles. The molecule has 1 aromatic carbocycles. The quantitative estimate of drug-likeness (QED) is 0.711. The van der Waals surface area contributed by atoms with Gasteiger partial charge in [-0.1, -0.05) is 22.0 Å². The van der Waals surface area contributed by atoms with Gasteiger partial charge < -0.3 is 0 Å². The van der Waals surface area contributed by atoms with Crippen molar-refractivity contribution < 1.29 is 0 Å². The van der Waals surface area contributed by atoms with Crippen molar-refractivity contribution in [2.24, 2.45) is 0 Å². The van der Waals surface area contributed by atoms with Gasteiger partial charge in [0.15, 0.2) is 10.6 Å². The molecule has 20 heavy (non-hydrogen) atoms. The second-order valence-corrected chi connectivity index (χ2v) is 5.55. The molecule has 0 aliphatic rings.